The normalized spacial score (nSPS) is 22.9. The molecule has 1 aliphatic rings. The third-order valence-corrected chi connectivity index (χ3v) is 6.49. The van der Waals surface area contributed by atoms with E-state index in [2.05, 4.69) is 14.8 Å². The van der Waals surface area contributed by atoms with Crippen molar-refractivity contribution in [3.05, 3.63) is 60.4 Å². The van der Waals surface area contributed by atoms with Gasteiger partial charge in [0.25, 0.3) is 0 Å². The van der Waals surface area contributed by atoms with Crippen molar-refractivity contribution < 1.29 is 46.5 Å². The van der Waals surface area contributed by atoms with E-state index in [-0.39, 0.29) is 30.4 Å². The average Bonchev–Trinajstić information content (AvgIpc) is 3.42. The minimum absolute atomic E-state index is 0.125. The fraction of sp³-hybridized carbons (Fsp3) is 0.444. The molecule has 1 saturated heterocycles. The van der Waals surface area contributed by atoms with Gasteiger partial charge in [0.15, 0.2) is 5.82 Å². The first-order chi connectivity index (χ1) is 19.5. The predicted octanol–water partition coefficient (Wildman–Crippen LogP) is 3.90. The molecule has 4 rings (SSSR count). The zero-order chi connectivity index (χ0) is 29.7. The number of rotatable bonds is 10. The molecule has 11 nitrogen and oxygen atoms in total. The third kappa shape index (κ3) is 7.40. The molecule has 0 spiro atoms. The molecule has 1 aliphatic heterocycles. The van der Waals surface area contributed by atoms with Gasteiger partial charge in [-0.25, -0.2) is 19.6 Å². The van der Waals surface area contributed by atoms with E-state index in [0.717, 1.165) is 5.56 Å². The van der Waals surface area contributed by atoms with E-state index in [9.17, 15) is 18.0 Å². The number of aromatic nitrogens is 3. The van der Waals surface area contributed by atoms with Crippen LogP contribution in [0.1, 0.15) is 19.4 Å². The molecule has 0 saturated carbocycles. The van der Waals surface area contributed by atoms with Crippen molar-refractivity contribution in [1.29, 1.82) is 0 Å². The number of carbonyl (C=O) groups excluding carboxylic acids is 1. The Kier molecular flexibility index (Phi) is 9.60. The molecule has 0 radical (unpaired) electrons. The summed E-state index contributed by atoms with van der Waals surface area (Å²) >= 11 is 0. The molecule has 41 heavy (non-hydrogen) atoms. The van der Waals surface area contributed by atoms with Gasteiger partial charge in [0, 0.05) is 33.8 Å². The molecule has 1 aromatic heterocycles. The lowest BCUT2D eigenvalue weighted by atomic mass is 9.99. The Morgan fingerprint density at radius 2 is 1.61 bits per heavy atom. The maximum Gasteiger partial charge on any atom is 0.573 e. The second kappa shape index (κ2) is 13.0. The molecule has 1 fully saturated rings. The maximum atomic E-state index is 12.4. The van der Waals surface area contributed by atoms with E-state index in [1.807, 2.05) is 6.92 Å². The monoisotopic (exact) mass is 580 g/mol. The van der Waals surface area contributed by atoms with Crippen molar-refractivity contribution in [3.63, 3.8) is 0 Å². The Morgan fingerprint density at radius 3 is 2.17 bits per heavy atom. The summed E-state index contributed by atoms with van der Waals surface area (Å²) in [6.07, 6.45) is -6.14. The van der Waals surface area contributed by atoms with Crippen LogP contribution < -0.4 is 4.74 Å². The number of benzene rings is 2. The van der Waals surface area contributed by atoms with Gasteiger partial charge in [-0.3, -0.25) is 4.79 Å². The summed E-state index contributed by atoms with van der Waals surface area (Å²) in [5, 5.41) is 5.60. The van der Waals surface area contributed by atoms with Crippen molar-refractivity contribution >= 4 is 5.91 Å². The number of amides is 1. The third-order valence-electron chi connectivity index (χ3n) is 6.49. The van der Waals surface area contributed by atoms with E-state index in [0.29, 0.717) is 17.1 Å². The van der Waals surface area contributed by atoms with Crippen molar-refractivity contribution in [3.8, 4) is 22.8 Å². The molecule has 222 valence electrons. The zero-order valence-corrected chi connectivity index (χ0v) is 23.1. The Hall–Kier alpha value is -3.56. The molecule has 0 unspecified atom stereocenters. The second-order valence-electron chi connectivity index (χ2n) is 9.22. The lowest BCUT2D eigenvalue weighted by molar-refractivity contribution is -0.356. The Labute approximate surface area is 234 Å². The quantitative estimate of drug-likeness (QED) is 0.330. The molecular weight excluding hydrogens is 549 g/mol. The van der Waals surface area contributed by atoms with Gasteiger partial charge in [0.1, 0.15) is 30.4 Å². The van der Waals surface area contributed by atoms with Gasteiger partial charge in [0.05, 0.1) is 18.3 Å². The van der Waals surface area contributed by atoms with Crippen molar-refractivity contribution in [2.75, 3.05) is 21.3 Å². The number of hydrogen-bond donors (Lipinski definition) is 0. The fourth-order valence-electron chi connectivity index (χ4n) is 4.49. The standard InChI is InChI=1S/C27H31F3N4O7/c1-16-22(36-3)23(37-4)24(38-5)26(39-16)41-34(17(2)35)14-18-6-8-19(9-7-18)25-31-15-33(32-25)20-10-12-21(13-11-20)40-27(28,29)30/h6-13,15-16,22-24,26H,14H2,1-5H3/t16-,22-,23-,24-,26-/m0/s1. The molecule has 5 atom stereocenters. The summed E-state index contributed by atoms with van der Waals surface area (Å²) in [5.41, 5.74) is 1.96. The van der Waals surface area contributed by atoms with Crippen LogP contribution in [-0.4, -0.2) is 84.1 Å². The van der Waals surface area contributed by atoms with Crippen LogP contribution >= 0.6 is 0 Å². The lowest BCUT2D eigenvalue weighted by Gasteiger charge is -2.44. The summed E-state index contributed by atoms with van der Waals surface area (Å²) in [6, 6.07) is 12.4. The van der Waals surface area contributed by atoms with Crippen LogP contribution in [0.2, 0.25) is 0 Å². The lowest BCUT2D eigenvalue weighted by Crippen LogP contribution is -2.60. The van der Waals surface area contributed by atoms with Gasteiger partial charge >= 0.3 is 6.36 Å². The molecule has 2 aromatic carbocycles. The van der Waals surface area contributed by atoms with E-state index in [1.54, 1.807) is 38.5 Å². The first-order valence-corrected chi connectivity index (χ1v) is 12.6. The van der Waals surface area contributed by atoms with Gasteiger partial charge in [-0.1, -0.05) is 24.3 Å². The van der Waals surface area contributed by atoms with Crippen molar-refractivity contribution in [2.24, 2.45) is 0 Å². The number of alkyl halides is 3. The molecule has 2 heterocycles. The molecule has 14 heteroatoms. The highest BCUT2D eigenvalue weighted by molar-refractivity contribution is 5.72. The number of halogens is 3. The summed E-state index contributed by atoms with van der Waals surface area (Å²) in [5.74, 6) is -0.270. The van der Waals surface area contributed by atoms with Gasteiger partial charge in [-0.2, -0.15) is 0 Å². The number of methoxy groups -OCH3 is 3. The van der Waals surface area contributed by atoms with Crippen LogP contribution in [0.25, 0.3) is 17.1 Å². The van der Waals surface area contributed by atoms with E-state index >= 15 is 0 Å². The summed E-state index contributed by atoms with van der Waals surface area (Å²) in [4.78, 5) is 22.7. The van der Waals surface area contributed by atoms with Gasteiger partial charge in [-0.15, -0.1) is 18.3 Å². The van der Waals surface area contributed by atoms with Gasteiger partial charge in [-0.05, 0) is 36.8 Å². The van der Waals surface area contributed by atoms with Crippen LogP contribution in [0.5, 0.6) is 5.75 Å². The first kappa shape index (κ1) is 30.4. The molecule has 0 aliphatic carbocycles. The fourth-order valence-corrected chi connectivity index (χ4v) is 4.49. The largest absolute Gasteiger partial charge is 0.573 e. The van der Waals surface area contributed by atoms with E-state index in [1.165, 1.54) is 54.4 Å². The SMILES string of the molecule is CO[C@@H]1[C@H](OC)[C@H](ON(Cc2ccc(-c3ncn(-c4ccc(OC(F)(F)F)cc4)n3)cc2)C(C)=O)O[C@@H](C)[C@@H]1OC. The topological polar surface area (TPSA) is 106 Å². The summed E-state index contributed by atoms with van der Waals surface area (Å²) in [6.45, 7) is 3.33. The highest BCUT2D eigenvalue weighted by atomic mass is 19.4. The van der Waals surface area contributed by atoms with E-state index < -0.39 is 24.9 Å². The van der Waals surface area contributed by atoms with Crippen LogP contribution in [0, 0.1) is 0 Å². The van der Waals surface area contributed by atoms with Crippen molar-refractivity contribution in [2.45, 2.75) is 57.5 Å². The minimum atomic E-state index is -4.77. The van der Waals surface area contributed by atoms with Crippen LogP contribution in [0.3, 0.4) is 0 Å². The number of ether oxygens (including phenoxy) is 5. The van der Waals surface area contributed by atoms with Gasteiger partial charge in [0.2, 0.25) is 12.2 Å². The average molecular weight is 581 g/mol. The minimum Gasteiger partial charge on any atom is -0.406 e. The first-order valence-electron chi connectivity index (χ1n) is 12.6. The van der Waals surface area contributed by atoms with Crippen molar-refractivity contribution in [1.82, 2.24) is 19.8 Å². The molecule has 3 aromatic rings. The van der Waals surface area contributed by atoms with Gasteiger partial charge < -0.3 is 23.7 Å². The zero-order valence-electron chi connectivity index (χ0n) is 23.1. The number of hydrogen-bond acceptors (Lipinski definition) is 9. The maximum absolute atomic E-state index is 12.4. The Balaban J connectivity index is 1.43. The van der Waals surface area contributed by atoms with Crippen LogP contribution in [0.4, 0.5) is 13.2 Å². The predicted molar refractivity (Wildman–Crippen MR) is 138 cm³/mol. The molecule has 1 amide bonds. The van der Waals surface area contributed by atoms with Crippen LogP contribution in [-0.2, 0) is 35.1 Å². The van der Waals surface area contributed by atoms with E-state index in [4.69, 9.17) is 23.8 Å². The Morgan fingerprint density at radius 1 is 0.976 bits per heavy atom. The molecule has 0 N–H and O–H groups in total. The summed E-state index contributed by atoms with van der Waals surface area (Å²) < 4.78 is 65.2. The number of hydroxylamine groups is 2. The smallest absolute Gasteiger partial charge is 0.406 e. The van der Waals surface area contributed by atoms with Crippen LogP contribution in [0.15, 0.2) is 54.9 Å². The summed E-state index contributed by atoms with van der Waals surface area (Å²) in [7, 11) is 4.61. The highest BCUT2D eigenvalue weighted by Gasteiger charge is 2.47. The molecule has 0 bridgehead atoms. The molecular formula is C27H31F3N4O7. The highest BCUT2D eigenvalue weighted by Crippen LogP contribution is 2.29. The Bertz CT molecular complexity index is 1290. The number of carbonyl (C=O) groups is 1. The second-order valence-corrected chi connectivity index (χ2v) is 9.22. The number of nitrogens with zero attached hydrogens (tertiary/aromatic N) is 4.